The van der Waals surface area contributed by atoms with Crippen molar-refractivity contribution in [2.75, 3.05) is 11.1 Å². The average molecular weight is 277 g/mol. The molecule has 1 aromatic carbocycles. The molecule has 0 bridgehead atoms. The zero-order valence-corrected chi connectivity index (χ0v) is 11.8. The number of hydrogen-bond donors (Lipinski definition) is 2. The molecule has 1 heterocycles. The van der Waals surface area contributed by atoms with E-state index in [1.54, 1.807) is 0 Å². The molecule has 5 heteroatoms. The SMILES string of the molecule is CC(C)c1c(N)ncnc1NCc1ccc(Cl)cc1. The molecule has 0 spiro atoms. The Morgan fingerprint density at radius 2 is 1.89 bits per heavy atom. The molecule has 2 rings (SSSR count). The van der Waals surface area contributed by atoms with Crippen molar-refractivity contribution in [1.82, 2.24) is 9.97 Å². The van der Waals surface area contributed by atoms with Gasteiger partial charge in [-0.05, 0) is 23.6 Å². The van der Waals surface area contributed by atoms with Crippen LogP contribution < -0.4 is 11.1 Å². The Bertz CT molecular complexity index is 552. The lowest BCUT2D eigenvalue weighted by Gasteiger charge is -2.14. The number of hydrogen-bond acceptors (Lipinski definition) is 4. The van der Waals surface area contributed by atoms with Gasteiger partial charge < -0.3 is 11.1 Å². The zero-order valence-electron chi connectivity index (χ0n) is 11.0. The topological polar surface area (TPSA) is 63.8 Å². The maximum absolute atomic E-state index is 5.90. The van der Waals surface area contributed by atoms with Gasteiger partial charge in [0.25, 0.3) is 0 Å². The van der Waals surface area contributed by atoms with E-state index < -0.39 is 0 Å². The molecule has 0 amide bonds. The van der Waals surface area contributed by atoms with Gasteiger partial charge in [-0.15, -0.1) is 0 Å². The minimum Gasteiger partial charge on any atom is -0.383 e. The van der Waals surface area contributed by atoms with Crippen molar-refractivity contribution in [3.63, 3.8) is 0 Å². The number of nitrogen functional groups attached to an aromatic ring is 1. The Labute approximate surface area is 118 Å². The lowest BCUT2D eigenvalue weighted by molar-refractivity contribution is 0.849. The van der Waals surface area contributed by atoms with Crippen LogP contribution in [0.4, 0.5) is 11.6 Å². The van der Waals surface area contributed by atoms with E-state index in [1.165, 1.54) is 6.33 Å². The van der Waals surface area contributed by atoms with Gasteiger partial charge in [-0.1, -0.05) is 37.6 Å². The molecule has 2 aromatic rings. The van der Waals surface area contributed by atoms with Crippen LogP contribution in [-0.4, -0.2) is 9.97 Å². The molecule has 0 aliphatic carbocycles. The normalized spacial score (nSPS) is 10.7. The number of nitrogens with one attached hydrogen (secondary N) is 1. The van der Waals surface area contributed by atoms with Gasteiger partial charge in [-0.3, -0.25) is 0 Å². The fourth-order valence-corrected chi connectivity index (χ4v) is 2.03. The summed E-state index contributed by atoms with van der Waals surface area (Å²) in [5.41, 5.74) is 7.99. The summed E-state index contributed by atoms with van der Waals surface area (Å²) in [6, 6.07) is 7.70. The highest BCUT2D eigenvalue weighted by Gasteiger charge is 2.12. The van der Waals surface area contributed by atoms with Crippen LogP contribution in [0.1, 0.15) is 30.9 Å². The van der Waals surface area contributed by atoms with Gasteiger partial charge in [-0.25, -0.2) is 9.97 Å². The number of aromatic nitrogens is 2. The average Bonchev–Trinajstić information content (AvgIpc) is 2.37. The number of nitrogens with two attached hydrogens (primary N) is 1. The van der Waals surface area contributed by atoms with Crippen molar-refractivity contribution in [2.24, 2.45) is 0 Å². The first-order chi connectivity index (χ1) is 9.08. The molecule has 100 valence electrons. The smallest absolute Gasteiger partial charge is 0.135 e. The highest BCUT2D eigenvalue weighted by Crippen LogP contribution is 2.26. The van der Waals surface area contributed by atoms with E-state index in [4.69, 9.17) is 17.3 Å². The minimum absolute atomic E-state index is 0.272. The second kappa shape index (κ2) is 5.89. The molecule has 0 saturated carbocycles. The largest absolute Gasteiger partial charge is 0.383 e. The van der Waals surface area contributed by atoms with Crippen molar-refractivity contribution in [3.8, 4) is 0 Å². The van der Waals surface area contributed by atoms with E-state index >= 15 is 0 Å². The van der Waals surface area contributed by atoms with Gasteiger partial charge in [0.05, 0.1) is 0 Å². The Hall–Kier alpha value is -1.81. The van der Waals surface area contributed by atoms with Gasteiger partial charge in [0.1, 0.15) is 18.0 Å². The maximum Gasteiger partial charge on any atom is 0.135 e. The third-order valence-corrected chi connectivity index (χ3v) is 3.12. The lowest BCUT2D eigenvalue weighted by Crippen LogP contribution is -2.09. The Morgan fingerprint density at radius 1 is 1.21 bits per heavy atom. The summed E-state index contributed by atoms with van der Waals surface area (Å²) in [7, 11) is 0. The molecule has 1 aromatic heterocycles. The molecule has 0 aliphatic rings. The number of nitrogens with zero attached hydrogens (tertiary/aromatic N) is 2. The Balaban J connectivity index is 2.15. The van der Waals surface area contributed by atoms with E-state index in [1.807, 2.05) is 24.3 Å². The van der Waals surface area contributed by atoms with Crippen LogP contribution in [0, 0.1) is 0 Å². The highest BCUT2D eigenvalue weighted by molar-refractivity contribution is 6.30. The number of halogens is 1. The third-order valence-electron chi connectivity index (χ3n) is 2.87. The predicted molar refractivity (Wildman–Crippen MR) is 79.3 cm³/mol. The van der Waals surface area contributed by atoms with Gasteiger partial charge in [0.15, 0.2) is 0 Å². The van der Waals surface area contributed by atoms with E-state index in [2.05, 4.69) is 29.1 Å². The summed E-state index contributed by atoms with van der Waals surface area (Å²) in [4.78, 5) is 8.30. The molecular formula is C14H17ClN4. The van der Waals surface area contributed by atoms with Crippen molar-refractivity contribution < 1.29 is 0 Å². The predicted octanol–water partition coefficient (Wildman–Crippen LogP) is 3.45. The molecule has 3 N–H and O–H groups in total. The fraction of sp³-hybridized carbons (Fsp3) is 0.286. The van der Waals surface area contributed by atoms with Crippen LogP contribution in [0.25, 0.3) is 0 Å². The summed E-state index contributed by atoms with van der Waals surface area (Å²) in [5, 5.41) is 4.03. The van der Waals surface area contributed by atoms with Gasteiger partial charge >= 0.3 is 0 Å². The molecule has 0 atom stereocenters. The van der Waals surface area contributed by atoms with Crippen LogP contribution in [-0.2, 0) is 6.54 Å². The monoisotopic (exact) mass is 276 g/mol. The summed E-state index contributed by atoms with van der Waals surface area (Å²) >= 11 is 5.86. The molecule has 0 radical (unpaired) electrons. The minimum atomic E-state index is 0.272. The van der Waals surface area contributed by atoms with Crippen LogP contribution >= 0.6 is 11.6 Å². The summed E-state index contributed by atoms with van der Waals surface area (Å²) in [5.74, 6) is 1.59. The van der Waals surface area contributed by atoms with Crippen molar-refractivity contribution >= 4 is 23.2 Å². The van der Waals surface area contributed by atoms with Crippen LogP contribution in [0.2, 0.25) is 5.02 Å². The first kappa shape index (κ1) is 13.6. The zero-order chi connectivity index (χ0) is 13.8. The Morgan fingerprint density at radius 3 is 2.53 bits per heavy atom. The third kappa shape index (κ3) is 3.35. The lowest BCUT2D eigenvalue weighted by atomic mass is 10.0. The maximum atomic E-state index is 5.90. The van der Waals surface area contributed by atoms with E-state index in [9.17, 15) is 0 Å². The van der Waals surface area contributed by atoms with Crippen molar-refractivity contribution in [1.29, 1.82) is 0 Å². The summed E-state index contributed by atoms with van der Waals surface area (Å²) < 4.78 is 0. The van der Waals surface area contributed by atoms with Crippen LogP contribution in [0.3, 0.4) is 0 Å². The first-order valence-electron chi connectivity index (χ1n) is 6.16. The standard InChI is InChI=1S/C14H17ClN4/c1-9(2)12-13(16)18-8-19-14(12)17-7-10-3-5-11(15)6-4-10/h3-6,8-9H,7H2,1-2H3,(H3,16,17,18,19). The number of anilines is 2. The molecule has 19 heavy (non-hydrogen) atoms. The number of rotatable bonds is 4. The molecule has 4 nitrogen and oxygen atoms in total. The fourth-order valence-electron chi connectivity index (χ4n) is 1.91. The van der Waals surface area contributed by atoms with Crippen molar-refractivity contribution in [2.45, 2.75) is 26.3 Å². The molecule has 0 saturated heterocycles. The number of benzene rings is 1. The second-order valence-corrected chi connectivity index (χ2v) is 5.09. The molecule has 0 unspecified atom stereocenters. The highest BCUT2D eigenvalue weighted by atomic mass is 35.5. The van der Waals surface area contributed by atoms with E-state index in [0.29, 0.717) is 12.4 Å². The van der Waals surface area contributed by atoms with Gasteiger partial charge in [-0.2, -0.15) is 0 Å². The molecule has 0 fully saturated rings. The first-order valence-corrected chi connectivity index (χ1v) is 6.54. The van der Waals surface area contributed by atoms with Crippen molar-refractivity contribution in [3.05, 3.63) is 46.7 Å². The second-order valence-electron chi connectivity index (χ2n) is 4.66. The molecular weight excluding hydrogens is 260 g/mol. The summed E-state index contributed by atoms with van der Waals surface area (Å²) in [6.07, 6.45) is 1.48. The Kier molecular flexibility index (Phi) is 4.22. The quantitative estimate of drug-likeness (QED) is 0.898. The summed E-state index contributed by atoms with van der Waals surface area (Å²) in [6.45, 7) is 4.82. The van der Waals surface area contributed by atoms with E-state index in [0.717, 1.165) is 22.0 Å². The van der Waals surface area contributed by atoms with Gasteiger partial charge in [0, 0.05) is 17.1 Å². The van der Waals surface area contributed by atoms with Crippen LogP contribution in [0.15, 0.2) is 30.6 Å². The van der Waals surface area contributed by atoms with Gasteiger partial charge in [0.2, 0.25) is 0 Å². The van der Waals surface area contributed by atoms with Crippen LogP contribution in [0.5, 0.6) is 0 Å². The molecule has 0 aliphatic heterocycles. The van der Waals surface area contributed by atoms with E-state index in [-0.39, 0.29) is 5.92 Å².